The highest BCUT2D eigenvalue weighted by Gasteiger charge is 2.33. The predicted octanol–water partition coefficient (Wildman–Crippen LogP) is 4.38. The van der Waals surface area contributed by atoms with Crippen molar-refractivity contribution in [1.82, 2.24) is 4.90 Å². The van der Waals surface area contributed by atoms with Gasteiger partial charge in [0, 0.05) is 30.9 Å². The van der Waals surface area contributed by atoms with Crippen molar-refractivity contribution < 1.29 is 27.7 Å². The summed E-state index contributed by atoms with van der Waals surface area (Å²) in [5.74, 6) is -1.30. The number of rotatable bonds is 6. The quantitative estimate of drug-likeness (QED) is 0.409. The lowest BCUT2D eigenvalue weighted by atomic mass is 10.2. The molecular formula is C19H15ClF3N3O4. The fourth-order valence-electron chi connectivity index (χ4n) is 2.35. The maximum absolute atomic E-state index is 12.9. The van der Waals surface area contributed by atoms with Crippen LogP contribution in [0.4, 0.5) is 24.5 Å². The van der Waals surface area contributed by atoms with Crippen LogP contribution >= 0.6 is 11.6 Å². The number of carbonyl (C=O) groups is 2. The van der Waals surface area contributed by atoms with Gasteiger partial charge in [0.2, 0.25) is 11.8 Å². The minimum atomic E-state index is -4.68. The number of amides is 2. The van der Waals surface area contributed by atoms with E-state index in [1.165, 1.54) is 37.4 Å². The minimum Gasteiger partial charge on any atom is -0.333 e. The number of nitro groups is 1. The largest absolute Gasteiger partial charge is 0.417 e. The molecule has 2 aromatic rings. The third-order valence-electron chi connectivity index (χ3n) is 3.81. The second-order valence-corrected chi connectivity index (χ2v) is 6.53. The van der Waals surface area contributed by atoms with Crippen molar-refractivity contribution >= 4 is 40.9 Å². The molecule has 0 bridgehead atoms. The fraction of sp³-hybridized carbons (Fsp3) is 0.158. The van der Waals surface area contributed by atoms with E-state index in [1.807, 2.05) is 0 Å². The van der Waals surface area contributed by atoms with Gasteiger partial charge in [0.15, 0.2) is 0 Å². The Labute approximate surface area is 173 Å². The van der Waals surface area contributed by atoms with Crippen molar-refractivity contribution in [3.63, 3.8) is 0 Å². The van der Waals surface area contributed by atoms with E-state index in [9.17, 15) is 32.9 Å². The Morgan fingerprint density at radius 1 is 1.23 bits per heavy atom. The van der Waals surface area contributed by atoms with Crippen molar-refractivity contribution in [3.8, 4) is 0 Å². The summed E-state index contributed by atoms with van der Waals surface area (Å²) >= 11 is 5.53. The number of anilines is 1. The molecule has 0 saturated heterocycles. The molecule has 0 aliphatic carbocycles. The predicted molar refractivity (Wildman–Crippen MR) is 105 cm³/mol. The highest BCUT2D eigenvalue weighted by molar-refractivity contribution is 6.31. The average molecular weight is 442 g/mol. The normalized spacial score (nSPS) is 11.4. The molecule has 0 heterocycles. The highest BCUT2D eigenvalue weighted by Crippen LogP contribution is 2.36. The van der Waals surface area contributed by atoms with Crippen LogP contribution in [0.3, 0.4) is 0 Å². The van der Waals surface area contributed by atoms with Crippen molar-refractivity contribution in [2.24, 2.45) is 0 Å². The van der Waals surface area contributed by atoms with Gasteiger partial charge in [0.25, 0.3) is 5.69 Å². The maximum Gasteiger partial charge on any atom is 0.417 e. The van der Waals surface area contributed by atoms with Crippen LogP contribution in [0.5, 0.6) is 0 Å². The average Bonchev–Trinajstić information content (AvgIpc) is 2.66. The molecule has 158 valence electrons. The van der Waals surface area contributed by atoms with E-state index in [-0.39, 0.29) is 11.4 Å². The number of halogens is 4. The zero-order valence-electron chi connectivity index (χ0n) is 15.4. The van der Waals surface area contributed by atoms with E-state index in [4.69, 9.17) is 11.6 Å². The molecule has 0 radical (unpaired) electrons. The number of nitrogens with one attached hydrogen (secondary N) is 1. The minimum absolute atomic E-state index is 0.121. The van der Waals surface area contributed by atoms with Gasteiger partial charge in [-0.25, -0.2) is 0 Å². The van der Waals surface area contributed by atoms with Crippen LogP contribution in [-0.2, 0) is 15.8 Å². The molecule has 2 amide bonds. The summed E-state index contributed by atoms with van der Waals surface area (Å²) in [6.45, 7) is -0.428. The van der Waals surface area contributed by atoms with E-state index in [1.54, 1.807) is 6.07 Å². The first-order chi connectivity index (χ1) is 14.0. The lowest BCUT2D eigenvalue weighted by Gasteiger charge is -2.16. The SMILES string of the molecule is CN(CC(=O)Nc1ccc(Cl)c(C(F)(F)F)c1)C(=O)/C=C/c1cccc([N+](=O)[O-])c1. The number of carbonyl (C=O) groups excluding carboxylic acids is 2. The third kappa shape index (κ3) is 6.31. The Kier molecular flexibility index (Phi) is 7.17. The maximum atomic E-state index is 12.9. The van der Waals surface area contributed by atoms with Crippen LogP contribution < -0.4 is 5.32 Å². The van der Waals surface area contributed by atoms with Crippen LogP contribution in [0.2, 0.25) is 5.02 Å². The summed E-state index contributed by atoms with van der Waals surface area (Å²) in [5, 5.41) is 12.5. The van der Waals surface area contributed by atoms with Crippen molar-refractivity contribution in [1.29, 1.82) is 0 Å². The Hall–Kier alpha value is -3.40. The fourth-order valence-corrected chi connectivity index (χ4v) is 2.58. The molecule has 0 fully saturated rings. The van der Waals surface area contributed by atoms with E-state index in [0.717, 1.165) is 17.0 Å². The summed E-state index contributed by atoms with van der Waals surface area (Å²) in [6.07, 6.45) is -2.21. The molecule has 0 aromatic heterocycles. The van der Waals surface area contributed by atoms with Gasteiger partial charge in [0.05, 0.1) is 22.1 Å². The first kappa shape index (κ1) is 22.9. The van der Waals surface area contributed by atoms with Gasteiger partial charge in [-0.2, -0.15) is 13.2 Å². The number of nitrogens with zero attached hydrogens (tertiary/aromatic N) is 2. The van der Waals surface area contributed by atoms with Crippen LogP contribution in [0.25, 0.3) is 6.08 Å². The molecule has 30 heavy (non-hydrogen) atoms. The topological polar surface area (TPSA) is 92.6 Å². The summed E-state index contributed by atoms with van der Waals surface area (Å²) in [5.41, 5.74) is -0.939. The molecule has 0 saturated carbocycles. The van der Waals surface area contributed by atoms with Crippen molar-refractivity contribution in [2.45, 2.75) is 6.18 Å². The second-order valence-electron chi connectivity index (χ2n) is 6.12. The van der Waals surface area contributed by atoms with Crippen LogP contribution in [0, 0.1) is 10.1 Å². The Morgan fingerprint density at radius 2 is 1.93 bits per heavy atom. The van der Waals surface area contributed by atoms with Gasteiger partial charge in [0.1, 0.15) is 0 Å². The standard InChI is InChI=1S/C19H15ClF3N3O4/c1-25(18(28)8-5-12-3-2-4-14(9-12)26(29)30)11-17(27)24-13-6-7-16(20)15(10-13)19(21,22)23/h2-10H,11H2,1H3,(H,24,27)/b8-5+. The van der Waals surface area contributed by atoms with Crippen LogP contribution in [-0.4, -0.2) is 35.2 Å². The van der Waals surface area contributed by atoms with E-state index >= 15 is 0 Å². The lowest BCUT2D eigenvalue weighted by molar-refractivity contribution is -0.384. The van der Waals surface area contributed by atoms with E-state index in [0.29, 0.717) is 11.6 Å². The van der Waals surface area contributed by atoms with Crippen molar-refractivity contribution in [2.75, 3.05) is 18.9 Å². The van der Waals surface area contributed by atoms with Crippen molar-refractivity contribution in [3.05, 3.63) is 74.8 Å². The molecule has 0 unspecified atom stereocenters. The van der Waals surface area contributed by atoms with Crippen LogP contribution in [0.1, 0.15) is 11.1 Å². The lowest BCUT2D eigenvalue weighted by Crippen LogP contribution is -2.33. The molecule has 0 atom stereocenters. The summed E-state index contributed by atoms with van der Waals surface area (Å²) in [6, 6.07) is 8.51. The van der Waals surface area contributed by atoms with Gasteiger partial charge in [-0.05, 0) is 29.8 Å². The first-order valence-corrected chi connectivity index (χ1v) is 8.69. The zero-order chi connectivity index (χ0) is 22.5. The molecule has 7 nitrogen and oxygen atoms in total. The molecular weight excluding hydrogens is 427 g/mol. The van der Waals surface area contributed by atoms with Crippen LogP contribution in [0.15, 0.2) is 48.5 Å². The van der Waals surface area contributed by atoms with Gasteiger partial charge >= 0.3 is 6.18 Å². The second kappa shape index (κ2) is 9.40. The first-order valence-electron chi connectivity index (χ1n) is 8.31. The summed E-state index contributed by atoms with van der Waals surface area (Å²) < 4.78 is 38.6. The number of nitro benzene ring substituents is 1. The number of alkyl halides is 3. The van der Waals surface area contributed by atoms with E-state index < -0.39 is 40.0 Å². The Bertz CT molecular complexity index is 1010. The molecule has 11 heteroatoms. The molecule has 2 aromatic carbocycles. The zero-order valence-corrected chi connectivity index (χ0v) is 16.2. The van der Waals surface area contributed by atoms with Gasteiger partial charge < -0.3 is 10.2 Å². The summed E-state index contributed by atoms with van der Waals surface area (Å²) in [4.78, 5) is 35.4. The Balaban J connectivity index is 1.99. The number of hydrogen-bond acceptors (Lipinski definition) is 4. The van der Waals surface area contributed by atoms with Gasteiger partial charge in [-0.1, -0.05) is 23.7 Å². The van der Waals surface area contributed by atoms with Gasteiger partial charge in [-0.15, -0.1) is 0 Å². The smallest absolute Gasteiger partial charge is 0.333 e. The monoisotopic (exact) mass is 441 g/mol. The highest BCUT2D eigenvalue weighted by atomic mass is 35.5. The van der Waals surface area contributed by atoms with Gasteiger partial charge in [-0.3, -0.25) is 19.7 Å². The molecule has 1 N–H and O–H groups in total. The third-order valence-corrected chi connectivity index (χ3v) is 4.14. The molecule has 0 spiro atoms. The molecule has 0 aliphatic rings. The molecule has 0 aliphatic heterocycles. The van der Waals surface area contributed by atoms with E-state index in [2.05, 4.69) is 5.32 Å². The number of hydrogen-bond donors (Lipinski definition) is 1. The number of likely N-dealkylation sites (N-methyl/N-ethyl adjacent to an activating group) is 1. The molecule has 2 rings (SSSR count). The number of benzene rings is 2. The summed E-state index contributed by atoms with van der Waals surface area (Å²) in [7, 11) is 1.32. The Morgan fingerprint density at radius 3 is 2.57 bits per heavy atom. The number of non-ortho nitro benzene ring substituents is 1.